The zero-order valence-electron chi connectivity index (χ0n) is 10.2. The summed E-state index contributed by atoms with van der Waals surface area (Å²) in [5.41, 5.74) is 1.09. The second kappa shape index (κ2) is 6.21. The molecule has 0 aromatic heterocycles. The van der Waals surface area contributed by atoms with E-state index in [4.69, 9.17) is 11.6 Å². The zero-order chi connectivity index (χ0) is 13.0. The summed E-state index contributed by atoms with van der Waals surface area (Å²) < 4.78 is 0. The summed E-state index contributed by atoms with van der Waals surface area (Å²) in [6.07, 6.45) is 3.85. The van der Waals surface area contributed by atoms with Crippen LogP contribution in [0.25, 0.3) is 0 Å². The number of carboxylic acids is 1. The molecule has 1 fully saturated rings. The van der Waals surface area contributed by atoms with Crippen LogP contribution in [0.4, 0.5) is 0 Å². The van der Waals surface area contributed by atoms with Crippen molar-refractivity contribution < 1.29 is 9.90 Å². The summed E-state index contributed by atoms with van der Waals surface area (Å²) >= 11 is 5.92. The van der Waals surface area contributed by atoms with E-state index in [2.05, 4.69) is 5.32 Å². The Balaban J connectivity index is 1.93. The lowest BCUT2D eigenvalue weighted by Gasteiger charge is -2.29. The molecule has 2 rings (SSSR count). The number of aliphatic carboxylic acids is 1. The number of halogens is 1. The van der Waals surface area contributed by atoms with Crippen LogP contribution in [-0.2, 0) is 11.3 Å². The van der Waals surface area contributed by atoms with Gasteiger partial charge < -0.3 is 10.4 Å². The predicted octanol–water partition coefficient (Wildman–Crippen LogP) is 3.07. The molecule has 0 saturated heterocycles. The number of hydrogen-bond acceptors (Lipinski definition) is 2. The lowest BCUT2D eigenvalue weighted by molar-refractivity contribution is -0.143. The standard InChI is InChI=1S/C14H18ClNO2/c15-11-5-3-4-10(8-11)9-16-13-7-2-1-6-12(13)14(17)18/h3-5,8,12-13,16H,1-2,6-7,9H2,(H,17,18)/t12-,13+/m1/s1. The third-order valence-electron chi connectivity index (χ3n) is 3.54. The maximum atomic E-state index is 11.2. The molecule has 2 N–H and O–H groups in total. The van der Waals surface area contributed by atoms with Crippen molar-refractivity contribution in [3.8, 4) is 0 Å². The van der Waals surface area contributed by atoms with Crippen LogP contribution in [-0.4, -0.2) is 17.1 Å². The molecule has 0 bridgehead atoms. The third-order valence-corrected chi connectivity index (χ3v) is 3.78. The summed E-state index contributed by atoms with van der Waals surface area (Å²) in [7, 11) is 0. The van der Waals surface area contributed by atoms with Gasteiger partial charge in [0.25, 0.3) is 0 Å². The Bertz CT molecular complexity index is 422. The molecule has 1 saturated carbocycles. The van der Waals surface area contributed by atoms with E-state index >= 15 is 0 Å². The minimum atomic E-state index is -0.682. The molecule has 98 valence electrons. The van der Waals surface area contributed by atoms with Crippen molar-refractivity contribution in [2.24, 2.45) is 5.92 Å². The fourth-order valence-electron chi connectivity index (χ4n) is 2.57. The maximum absolute atomic E-state index is 11.2. The molecule has 2 atom stereocenters. The highest BCUT2D eigenvalue weighted by atomic mass is 35.5. The number of carbonyl (C=O) groups is 1. The lowest BCUT2D eigenvalue weighted by Crippen LogP contribution is -2.41. The molecule has 3 nitrogen and oxygen atoms in total. The van der Waals surface area contributed by atoms with Crippen LogP contribution in [0.1, 0.15) is 31.2 Å². The van der Waals surface area contributed by atoms with Gasteiger partial charge in [-0.3, -0.25) is 4.79 Å². The molecule has 0 radical (unpaired) electrons. The Morgan fingerprint density at radius 2 is 2.17 bits per heavy atom. The molecule has 4 heteroatoms. The molecule has 1 aliphatic carbocycles. The Morgan fingerprint density at radius 1 is 1.39 bits per heavy atom. The summed E-state index contributed by atoms with van der Waals surface area (Å²) in [5.74, 6) is -0.934. The van der Waals surface area contributed by atoms with Crippen LogP contribution in [0.2, 0.25) is 5.02 Å². The van der Waals surface area contributed by atoms with Gasteiger partial charge >= 0.3 is 5.97 Å². The molecule has 1 aliphatic rings. The fraction of sp³-hybridized carbons (Fsp3) is 0.500. The van der Waals surface area contributed by atoms with E-state index in [1.807, 2.05) is 24.3 Å². The van der Waals surface area contributed by atoms with Gasteiger partial charge in [-0.1, -0.05) is 36.6 Å². The van der Waals surface area contributed by atoms with E-state index in [0.717, 1.165) is 31.2 Å². The van der Waals surface area contributed by atoms with Gasteiger partial charge in [-0.2, -0.15) is 0 Å². The van der Waals surface area contributed by atoms with Crippen LogP contribution >= 0.6 is 11.6 Å². The van der Waals surface area contributed by atoms with Crippen molar-refractivity contribution in [3.63, 3.8) is 0 Å². The van der Waals surface area contributed by atoms with Crippen molar-refractivity contribution in [1.82, 2.24) is 5.32 Å². The first-order valence-corrected chi connectivity index (χ1v) is 6.75. The quantitative estimate of drug-likeness (QED) is 0.881. The number of rotatable bonds is 4. The topological polar surface area (TPSA) is 49.3 Å². The van der Waals surface area contributed by atoms with Crippen molar-refractivity contribution in [1.29, 1.82) is 0 Å². The molecule has 0 heterocycles. The zero-order valence-corrected chi connectivity index (χ0v) is 11.0. The Kier molecular flexibility index (Phi) is 4.61. The van der Waals surface area contributed by atoms with Gasteiger partial charge in [0.1, 0.15) is 0 Å². The summed E-state index contributed by atoms with van der Waals surface area (Å²) in [4.78, 5) is 11.2. The van der Waals surface area contributed by atoms with Crippen molar-refractivity contribution in [2.45, 2.75) is 38.3 Å². The van der Waals surface area contributed by atoms with E-state index in [0.29, 0.717) is 11.6 Å². The molecule has 18 heavy (non-hydrogen) atoms. The van der Waals surface area contributed by atoms with Crippen LogP contribution in [0, 0.1) is 5.92 Å². The molecule has 0 amide bonds. The number of carboxylic acid groups (broad SMARTS) is 1. The summed E-state index contributed by atoms with van der Waals surface area (Å²) in [6.45, 7) is 0.676. The second-order valence-corrected chi connectivity index (χ2v) is 5.28. The van der Waals surface area contributed by atoms with Crippen LogP contribution in [0.3, 0.4) is 0 Å². The van der Waals surface area contributed by atoms with Crippen molar-refractivity contribution in [2.75, 3.05) is 0 Å². The van der Waals surface area contributed by atoms with Gasteiger partial charge in [-0.25, -0.2) is 0 Å². The first-order valence-electron chi connectivity index (χ1n) is 6.37. The van der Waals surface area contributed by atoms with Crippen molar-refractivity contribution >= 4 is 17.6 Å². The van der Waals surface area contributed by atoms with Crippen molar-refractivity contribution in [3.05, 3.63) is 34.9 Å². The smallest absolute Gasteiger partial charge is 0.308 e. The monoisotopic (exact) mass is 267 g/mol. The Labute approximate surface area is 112 Å². The van der Waals surface area contributed by atoms with E-state index < -0.39 is 5.97 Å². The molecule has 1 aromatic rings. The SMILES string of the molecule is O=C(O)[C@@H]1CCCC[C@@H]1NCc1cccc(Cl)c1. The van der Waals surface area contributed by atoms with Gasteiger partial charge in [-0.15, -0.1) is 0 Å². The van der Waals surface area contributed by atoms with Crippen LogP contribution < -0.4 is 5.32 Å². The molecule has 0 unspecified atom stereocenters. The second-order valence-electron chi connectivity index (χ2n) is 4.85. The van der Waals surface area contributed by atoms with E-state index in [-0.39, 0.29) is 12.0 Å². The molecular weight excluding hydrogens is 250 g/mol. The van der Waals surface area contributed by atoms with Gasteiger partial charge in [0.15, 0.2) is 0 Å². The molecule has 0 aliphatic heterocycles. The molecule has 1 aromatic carbocycles. The lowest BCUT2D eigenvalue weighted by atomic mass is 9.84. The minimum Gasteiger partial charge on any atom is -0.481 e. The fourth-order valence-corrected chi connectivity index (χ4v) is 2.78. The largest absolute Gasteiger partial charge is 0.481 e. The van der Waals surface area contributed by atoms with E-state index in [9.17, 15) is 9.90 Å². The van der Waals surface area contributed by atoms with Gasteiger partial charge in [0, 0.05) is 17.6 Å². The average Bonchev–Trinajstić information content (AvgIpc) is 2.37. The Morgan fingerprint density at radius 3 is 2.89 bits per heavy atom. The number of hydrogen-bond donors (Lipinski definition) is 2. The highest BCUT2D eigenvalue weighted by Crippen LogP contribution is 2.25. The molecular formula is C14H18ClNO2. The summed E-state index contributed by atoms with van der Waals surface area (Å²) in [6, 6.07) is 7.74. The number of nitrogens with one attached hydrogen (secondary N) is 1. The Hall–Kier alpha value is -1.06. The van der Waals surface area contributed by atoms with E-state index in [1.54, 1.807) is 0 Å². The highest BCUT2D eigenvalue weighted by molar-refractivity contribution is 6.30. The normalized spacial score (nSPS) is 23.8. The van der Waals surface area contributed by atoms with Crippen LogP contribution in [0.5, 0.6) is 0 Å². The van der Waals surface area contributed by atoms with Gasteiger partial charge in [0.05, 0.1) is 5.92 Å². The minimum absolute atomic E-state index is 0.0789. The molecule has 0 spiro atoms. The maximum Gasteiger partial charge on any atom is 0.308 e. The van der Waals surface area contributed by atoms with Gasteiger partial charge in [0.2, 0.25) is 0 Å². The highest BCUT2D eigenvalue weighted by Gasteiger charge is 2.30. The van der Waals surface area contributed by atoms with Gasteiger partial charge in [-0.05, 0) is 30.5 Å². The predicted molar refractivity (Wildman–Crippen MR) is 71.7 cm³/mol. The van der Waals surface area contributed by atoms with Crippen LogP contribution in [0.15, 0.2) is 24.3 Å². The summed E-state index contributed by atoms with van der Waals surface area (Å²) in [5, 5.41) is 13.3. The first kappa shape index (κ1) is 13.4. The number of benzene rings is 1. The first-order chi connectivity index (χ1) is 8.66. The third kappa shape index (κ3) is 3.47. The van der Waals surface area contributed by atoms with E-state index in [1.165, 1.54) is 0 Å². The average molecular weight is 268 g/mol.